The van der Waals surface area contributed by atoms with Gasteiger partial charge in [0.2, 0.25) is 0 Å². The fraction of sp³-hybridized carbons (Fsp3) is 0.103. The van der Waals surface area contributed by atoms with Gasteiger partial charge in [-0.2, -0.15) is 0 Å². The fourth-order valence-corrected chi connectivity index (χ4v) is 5.39. The van der Waals surface area contributed by atoms with Crippen LogP contribution in [0.15, 0.2) is 78.9 Å². The Bertz CT molecular complexity index is 1540. The maximum Gasteiger partial charge on any atom is -0.00141 e. The van der Waals surface area contributed by atoms with Crippen LogP contribution in [0.3, 0.4) is 0 Å². The first-order chi connectivity index (χ1) is 14.1. The topological polar surface area (TPSA) is 0 Å². The number of fused-ring (bicyclic) bond motifs is 2. The van der Waals surface area contributed by atoms with E-state index in [-0.39, 0.29) is 0 Å². The molecule has 29 heavy (non-hydrogen) atoms. The van der Waals surface area contributed by atoms with Crippen LogP contribution in [0.1, 0.15) is 16.7 Å². The summed E-state index contributed by atoms with van der Waals surface area (Å²) in [5.74, 6) is 0. The summed E-state index contributed by atoms with van der Waals surface area (Å²) in [7, 11) is 0. The molecule has 0 fully saturated rings. The fourth-order valence-electron chi connectivity index (χ4n) is 5.39. The molecule has 0 saturated carbocycles. The Labute approximate surface area is 170 Å². The summed E-state index contributed by atoms with van der Waals surface area (Å²) in [6.45, 7) is 6.67. The molecule has 0 heterocycles. The number of benzene rings is 6. The van der Waals surface area contributed by atoms with Gasteiger partial charge in [-0.1, -0.05) is 72.3 Å². The van der Waals surface area contributed by atoms with E-state index < -0.39 is 0 Å². The highest BCUT2D eigenvalue weighted by Gasteiger charge is 2.17. The summed E-state index contributed by atoms with van der Waals surface area (Å²) in [6, 6.07) is 29.5. The molecule has 0 aromatic heterocycles. The van der Waals surface area contributed by atoms with Crippen LogP contribution in [0.5, 0.6) is 0 Å². The lowest BCUT2D eigenvalue weighted by atomic mass is 9.84. The lowest BCUT2D eigenvalue weighted by Crippen LogP contribution is -1.94. The summed E-state index contributed by atoms with van der Waals surface area (Å²) < 4.78 is 0. The summed E-state index contributed by atoms with van der Waals surface area (Å²) in [6.07, 6.45) is 0. The van der Waals surface area contributed by atoms with E-state index in [0.717, 1.165) is 0 Å². The van der Waals surface area contributed by atoms with Crippen molar-refractivity contribution in [2.45, 2.75) is 20.8 Å². The highest BCUT2D eigenvalue weighted by molar-refractivity contribution is 6.31. The molecule has 138 valence electrons. The monoisotopic (exact) mass is 370 g/mol. The second-order valence-corrected chi connectivity index (χ2v) is 8.41. The van der Waals surface area contributed by atoms with E-state index in [9.17, 15) is 0 Å². The third-order valence-corrected chi connectivity index (χ3v) is 6.43. The summed E-state index contributed by atoms with van der Waals surface area (Å²) in [5, 5.41) is 10.8. The van der Waals surface area contributed by atoms with Crippen molar-refractivity contribution in [3.05, 3.63) is 95.6 Å². The van der Waals surface area contributed by atoms with Crippen molar-refractivity contribution in [1.82, 2.24) is 0 Å². The molecular weight excluding hydrogens is 348 g/mol. The van der Waals surface area contributed by atoms with E-state index in [1.807, 2.05) is 0 Å². The van der Waals surface area contributed by atoms with Gasteiger partial charge in [-0.3, -0.25) is 0 Å². The molecule has 0 unspecified atom stereocenters. The average molecular weight is 370 g/mol. The third-order valence-electron chi connectivity index (χ3n) is 6.43. The molecule has 0 aliphatic heterocycles. The molecule has 0 atom stereocenters. The predicted octanol–water partition coefficient (Wildman–Crippen LogP) is 8.33. The quantitative estimate of drug-likeness (QED) is 0.201. The van der Waals surface area contributed by atoms with Gasteiger partial charge in [0.05, 0.1) is 0 Å². The smallest absolute Gasteiger partial charge is 0.00141 e. The van der Waals surface area contributed by atoms with Crippen LogP contribution in [0.4, 0.5) is 0 Å². The molecule has 6 rings (SSSR count). The SMILES string of the molecule is Cc1cc(C)c(-c2cc3cccc4ccc5c6ccccc6cc2c5c43)c(C)c1. The number of rotatable bonds is 1. The van der Waals surface area contributed by atoms with E-state index in [0.29, 0.717) is 0 Å². The lowest BCUT2D eigenvalue weighted by molar-refractivity contribution is 1.32. The van der Waals surface area contributed by atoms with Gasteiger partial charge >= 0.3 is 0 Å². The van der Waals surface area contributed by atoms with Gasteiger partial charge in [-0.15, -0.1) is 0 Å². The van der Waals surface area contributed by atoms with Crippen molar-refractivity contribution in [3.63, 3.8) is 0 Å². The van der Waals surface area contributed by atoms with E-state index in [4.69, 9.17) is 0 Å². The van der Waals surface area contributed by atoms with Gasteiger partial charge in [-0.05, 0) is 98.2 Å². The van der Waals surface area contributed by atoms with E-state index in [2.05, 4.69) is 99.6 Å². The molecule has 0 heteroatoms. The van der Waals surface area contributed by atoms with E-state index in [1.54, 1.807) is 0 Å². The Morgan fingerprint density at radius 3 is 2.03 bits per heavy atom. The highest BCUT2D eigenvalue weighted by Crippen LogP contribution is 2.44. The summed E-state index contributed by atoms with van der Waals surface area (Å²) in [4.78, 5) is 0. The third kappa shape index (κ3) is 2.26. The Balaban J connectivity index is 1.92. The molecule has 0 amide bonds. The molecule has 0 N–H and O–H groups in total. The molecule has 0 nitrogen and oxygen atoms in total. The Morgan fingerprint density at radius 1 is 0.483 bits per heavy atom. The van der Waals surface area contributed by atoms with Crippen molar-refractivity contribution in [2.75, 3.05) is 0 Å². The van der Waals surface area contributed by atoms with Crippen molar-refractivity contribution in [3.8, 4) is 11.1 Å². The second-order valence-electron chi connectivity index (χ2n) is 8.41. The molecule has 0 radical (unpaired) electrons. The predicted molar refractivity (Wildman–Crippen MR) is 127 cm³/mol. The Kier molecular flexibility index (Phi) is 3.32. The first kappa shape index (κ1) is 16.6. The minimum Gasteiger partial charge on any atom is -0.0616 e. The molecule has 0 saturated heterocycles. The molecule has 6 aromatic carbocycles. The van der Waals surface area contributed by atoms with E-state index >= 15 is 0 Å². The van der Waals surface area contributed by atoms with Crippen LogP contribution >= 0.6 is 0 Å². The minimum absolute atomic E-state index is 1.31. The maximum absolute atomic E-state index is 2.41. The number of aryl methyl sites for hydroxylation is 3. The van der Waals surface area contributed by atoms with Crippen molar-refractivity contribution in [2.24, 2.45) is 0 Å². The molecule has 0 bridgehead atoms. The first-order valence-corrected chi connectivity index (χ1v) is 10.3. The van der Waals surface area contributed by atoms with Crippen LogP contribution in [-0.4, -0.2) is 0 Å². The zero-order chi connectivity index (χ0) is 19.7. The van der Waals surface area contributed by atoms with Crippen molar-refractivity contribution < 1.29 is 0 Å². The normalized spacial score (nSPS) is 12.0. The average Bonchev–Trinajstić information content (AvgIpc) is 2.71. The van der Waals surface area contributed by atoms with Gasteiger partial charge < -0.3 is 0 Å². The van der Waals surface area contributed by atoms with Crippen LogP contribution in [0.2, 0.25) is 0 Å². The van der Waals surface area contributed by atoms with Crippen LogP contribution in [0, 0.1) is 20.8 Å². The van der Waals surface area contributed by atoms with Gasteiger partial charge in [-0.25, -0.2) is 0 Å². The van der Waals surface area contributed by atoms with E-state index in [1.165, 1.54) is 70.9 Å². The number of hydrogen-bond donors (Lipinski definition) is 0. The van der Waals surface area contributed by atoms with Crippen LogP contribution < -0.4 is 0 Å². The van der Waals surface area contributed by atoms with Gasteiger partial charge in [0.15, 0.2) is 0 Å². The minimum atomic E-state index is 1.31. The highest BCUT2D eigenvalue weighted by atomic mass is 14.2. The standard InChI is InChI=1S/C29H22/c1-17-13-18(2)27(19(3)14-17)25-16-22-9-6-8-20-11-12-24-23-10-5-4-7-21(23)15-26(25)29(24)28(20)22/h4-16H,1-3H3. The van der Waals surface area contributed by atoms with Crippen LogP contribution in [-0.2, 0) is 0 Å². The number of hydrogen-bond acceptors (Lipinski definition) is 0. The van der Waals surface area contributed by atoms with Gasteiger partial charge in [0.1, 0.15) is 0 Å². The Morgan fingerprint density at radius 2 is 1.21 bits per heavy atom. The molecule has 6 aromatic rings. The van der Waals surface area contributed by atoms with Crippen molar-refractivity contribution >= 4 is 43.1 Å². The first-order valence-electron chi connectivity index (χ1n) is 10.3. The van der Waals surface area contributed by atoms with Crippen molar-refractivity contribution in [1.29, 1.82) is 0 Å². The maximum atomic E-state index is 2.41. The summed E-state index contributed by atoms with van der Waals surface area (Å²) >= 11 is 0. The van der Waals surface area contributed by atoms with Gasteiger partial charge in [0, 0.05) is 0 Å². The lowest BCUT2D eigenvalue weighted by Gasteiger charge is -2.19. The molecule has 0 spiro atoms. The molecular formula is C29H22. The van der Waals surface area contributed by atoms with Crippen LogP contribution in [0.25, 0.3) is 54.2 Å². The zero-order valence-corrected chi connectivity index (χ0v) is 17.0. The Hall–Kier alpha value is -3.38. The molecule has 0 aliphatic rings. The largest absolute Gasteiger partial charge is 0.0616 e. The second kappa shape index (κ2) is 5.81. The van der Waals surface area contributed by atoms with Gasteiger partial charge in [0.25, 0.3) is 0 Å². The molecule has 0 aliphatic carbocycles. The summed E-state index contributed by atoms with van der Waals surface area (Å²) in [5.41, 5.74) is 6.75. The zero-order valence-electron chi connectivity index (χ0n) is 17.0.